The smallest absolute Gasteiger partial charge is 0.871 e. The number of rotatable bonds is 8. The van der Waals surface area contributed by atoms with Gasteiger partial charge in [-0.1, -0.05) is 83.7 Å². The molecule has 6 rings (SSSR count). The molecule has 0 saturated carbocycles. The third-order valence-electron chi connectivity index (χ3n) is 7.62. The molecular formula is C36H28CoN8O10S2-. The van der Waals surface area contributed by atoms with Gasteiger partial charge < -0.3 is 31.1 Å². The Bertz CT molecular complexity index is 2640. The molecule has 0 atom stereocenters. The van der Waals surface area contributed by atoms with E-state index in [1.165, 1.54) is 26.0 Å². The van der Waals surface area contributed by atoms with Crippen LogP contribution in [-0.4, -0.2) is 28.6 Å². The van der Waals surface area contributed by atoms with Gasteiger partial charge in [0.05, 0.1) is 43.9 Å². The average molecular weight is 856 g/mol. The van der Waals surface area contributed by atoms with Gasteiger partial charge in [-0.2, -0.15) is 20.5 Å². The van der Waals surface area contributed by atoms with Gasteiger partial charge >= 0.3 is 16.8 Å². The molecule has 21 heteroatoms. The Morgan fingerprint density at radius 3 is 1.21 bits per heavy atom. The number of hydrogen-bond donors (Lipinski definition) is 4. The van der Waals surface area contributed by atoms with Crippen molar-refractivity contribution in [2.75, 3.05) is 10.6 Å². The average Bonchev–Trinajstić information content (AvgIpc) is 3.11. The van der Waals surface area contributed by atoms with Crippen molar-refractivity contribution in [3.05, 3.63) is 97.1 Å². The van der Waals surface area contributed by atoms with Crippen LogP contribution in [0.25, 0.3) is 21.5 Å². The number of primary sulfonamides is 2. The number of hydrogen-bond acceptors (Lipinski definition) is 14. The van der Waals surface area contributed by atoms with Crippen LogP contribution in [0.4, 0.5) is 34.1 Å². The summed E-state index contributed by atoms with van der Waals surface area (Å²) in [5.41, 5.74) is -0.0565. The van der Waals surface area contributed by atoms with E-state index in [4.69, 9.17) is 10.3 Å². The molecule has 6 aromatic carbocycles. The minimum absolute atomic E-state index is 0. The maximum Gasteiger partial charge on any atom is 3.00 e. The van der Waals surface area contributed by atoms with E-state index in [9.17, 15) is 46.9 Å². The summed E-state index contributed by atoms with van der Waals surface area (Å²) in [5, 5.41) is 81.2. The van der Waals surface area contributed by atoms with Crippen molar-refractivity contribution >= 4 is 87.5 Å². The first-order chi connectivity index (χ1) is 26.3. The molecule has 0 unspecified atom stereocenters. The van der Waals surface area contributed by atoms with E-state index >= 15 is 0 Å². The molecule has 0 bridgehead atoms. The Hall–Kier alpha value is -6.49. The van der Waals surface area contributed by atoms with Crippen molar-refractivity contribution < 1.29 is 63.6 Å². The number of nitrogens with two attached hydrogens (primary N) is 2. The molecule has 2 amide bonds. The molecule has 0 radical (unpaired) electrons. The summed E-state index contributed by atoms with van der Waals surface area (Å²) in [6.45, 7) is 2.65. The van der Waals surface area contributed by atoms with Crippen molar-refractivity contribution in [3.8, 4) is 23.0 Å². The van der Waals surface area contributed by atoms with Crippen LogP contribution in [0, 0.1) is 0 Å². The Morgan fingerprint density at radius 2 is 0.877 bits per heavy atom. The zero-order valence-corrected chi connectivity index (χ0v) is 32.1. The fraction of sp³-hybridized carbons (Fsp3) is 0.0556. The number of azo groups is 2. The number of nitrogens with one attached hydrogen (secondary N) is 2. The van der Waals surface area contributed by atoms with Gasteiger partial charge in [-0.15, -0.1) is 0 Å². The van der Waals surface area contributed by atoms with Crippen LogP contribution in [0.3, 0.4) is 0 Å². The molecule has 0 fully saturated rings. The van der Waals surface area contributed by atoms with Crippen molar-refractivity contribution in [1.82, 2.24) is 0 Å². The number of benzene rings is 6. The largest absolute Gasteiger partial charge is 3.00 e. The molecule has 0 aliphatic heterocycles. The molecular weight excluding hydrogens is 828 g/mol. The number of nitrogens with zero attached hydrogens (tertiary/aromatic N) is 4. The quantitative estimate of drug-likeness (QED) is 0.159. The van der Waals surface area contributed by atoms with Crippen molar-refractivity contribution in [2.24, 2.45) is 30.7 Å². The maximum atomic E-state index is 12.3. The van der Waals surface area contributed by atoms with Gasteiger partial charge in [0.15, 0.2) is 0 Å². The number of anilines is 2. The number of fused-ring (bicyclic) bond motifs is 2. The van der Waals surface area contributed by atoms with Crippen molar-refractivity contribution in [3.63, 3.8) is 0 Å². The number of sulfonamides is 2. The van der Waals surface area contributed by atoms with Crippen molar-refractivity contribution in [1.29, 1.82) is 0 Å². The minimum atomic E-state index is -4.04. The summed E-state index contributed by atoms with van der Waals surface area (Å²) in [6, 6.07) is 21.8. The van der Waals surface area contributed by atoms with Gasteiger partial charge in [0.25, 0.3) is 0 Å². The molecule has 6 aromatic rings. The summed E-state index contributed by atoms with van der Waals surface area (Å²) in [7, 11) is -8.08. The summed E-state index contributed by atoms with van der Waals surface area (Å²) in [6.07, 6.45) is 0. The van der Waals surface area contributed by atoms with E-state index in [1.54, 1.807) is 48.5 Å². The minimum Gasteiger partial charge on any atom is -0.871 e. The van der Waals surface area contributed by atoms with Crippen LogP contribution in [0.5, 0.6) is 23.0 Å². The van der Waals surface area contributed by atoms with E-state index in [-0.39, 0.29) is 61.1 Å². The molecule has 18 nitrogen and oxygen atoms in total. The van der Waals surface area contributed by atoms with Gasteiger partial charge in [0, 0.05) is 24.6 Å². The standard InChI is InChI=1S/2C18H16N4O5S.Co/c2*1-10(23)20-13-4-2-3-11-5-7-16(25)18(17(11)13)22-21-14-9-12(28(19,26)27)6-8-15(14)24;/h2*2-9,24-25H,1H3,(H,20,23)(H2,19,26,27);/q;;+3/p-4. The molecule has 0 aliphatic carbocycles. The first-order valence-corrected chi connectivity index (χ1v) is 18.9. The number of carbonyl (C=O) groups is 2. The van der Waals surface area contributed by atoms with Crippen LogP contribution >= 0.6 is 0 Å². The van der Waals surface area contributed by atoms with Crippen LogP contribution < -0.4 is 41.3 Å². The van der Waals surface area contributed by atoms with Crippen LogP contribution in [0.1, 0.15) is 13.8 Å². The Morgan fingerprint density at radius 1 is 0.526 bits per heavy atom. The summed E-state index contributed by atoms with van der Waals surface area (Å²) in [4.78, 5) is 22.3. The fourth-order valence-electron chi connectivity index (χ4n) is 5.18. The zero-order valence-electron chi connectivity index (χ0n) is 29.4. The van der Waals surface area contributed by atoms with E-state index < -0.39 is 43.0 Å². The monoisotopic (exact) mass is 855 g/mol. The van der Waals surface area contributed by atoms with Crippen LogP contribution in [0.2, 0.25) is 0 Å². The van der Waals surface area contributed by atoms with Gasteiger partial charge in [-0.3, -0.25) is 9.59 Å². The van der Waals surface area contributed by atoms with Gasteiger partial charge in [0.1, 0.15) is 0 Å². The summed E-state index contributed by atoms with van der Waals surface area (Å²) < 4.78 is 45.8. The number of carbonyl (C=O) groups excluding carboxylic acids is 2. The predicted octanol–water partition coefficient (Wildman–Crippen LogP) is 4.01. The van der Waals surface area contributed by atoms with Gasteiger partial charge in [0.2, 0.25) is 31.9 Å². The van der Waals surface area contributed by atoms with E-state index in [0.29, 0.717) is 32.9 Å². The van der Waals surface area contributed by atoms with Gasteiger partial charge in [-0.25, -0.2) is 27.1 Å². The SMILES string of the molecule is CC(=O)Nc1cccc2ccc([O-])c(N=Nc3cc(S(N)(=O)=O)ccc3[O-])c12.CC(=O)Nc1cccc2ccc([O-])c(N=Nc3cc(S(N)(=O)=O)ccc3[O-])c12.[Co+3]. The normalized spacial score (nSPS) is 11.6. The van der Waals surface area contributed by atoms with Gasteiger partial charge in [-0.05, 0) is 47.2 Å². The second kappa shape index (κ2) is 17.5. The topological polar surface area (TPSA) is 320 Å². The van der Waals surface area contributed by atoms with E-state index in [1.807, 2.05) is 0 Å². The zero-order chi connectivity index (χ0) is 40.9. The van der Waals surface area contributed by atoms with Crippen LogP contribution in [0.15, 0.2) is 127 Å². The second-order valence-electron chi connectivity index (χ2n) is 11.7. The third kappa shape index (κ3) is 10.4. The van der Waals surface area contributed by atoms with E-state index in [0.717, 1.165) is 36.4 Å². The molecule has 57 heavy (non-hydrogen) atoms. The molecule has 0 saturated heterocycles. The summed E-state index contributed by atoms with van der Waals surface area (Å²) in [5.74, 6) is -2.83. The molecule has 294 valence electrons. The first-order valence-electron chi connectivity index (χ1n) is 15.9. The predicted molar refractivity (Wildman–Crippen MR) is 198 cm³/mol. The Balaban J connectivity index is 0.000000248. The molecule has 0 heterocycles. The third-order valence-corrected chi connectivity index (χ3v) is 9.44. The Labute approximate surface area is 334 Å². The fourth-order valence-corrected chi connectivity index (χ4v) is 6.25. The molecule has 0 spiro atoms. The number of amides is 2. The maximum absolute atomic E-state index is 12.3. The Kier molecular flexibility index (Phi) is 13.3. The summed E-state index contributed by atoms with van der Waals surface area (Å²) >= 11 is 0. The van der Waals surface area contributed by atoms with Crippen molar-refractivity contribution in [2.45, 2.75) is 23.6 Å². The van der Waals surface area contributed by atoms with Crippen LogP contribution in [-0.2, 0) is 46.4 Å². The van der Waals surface area contributed by atoms with E-state index in [2.05, 4.69) is 31.1 Å². The second-order valence-corrected chi connectivity index (χ2v) is 14.9. The molecule has 0 aliphatic rings. The molecule has 6 N–H and O–H groups in total. The first kappa shape index (κ1) is 43.2. The molecule has 0 aromatic heterocycles.